The monoisotopic (exact) mass is 222 g/mol. The molecule has 0 aromatic heterocycles. The van der Waals surface area contributed by atoms with Crippen molar-refractivity contribution in [3.63, 3.8) is 0 Å². The van der Waals surface area contributed by atoms with E-state index in [-0.39, 0.29) is 11.9 Å². The van der Waals surface area contributed by atoms with Crippen LogP contribution in [0, 0.1) is 12.3 Å². The molecule has 0 radical (unpaired) electrons. The third kappa shape index (κ3) is 3.24. The second kappa shape index (κ2) is 5.91. The fourth-order valence-electron chi connectivity index (χ4n) is 2.03. The Morgan fingerprint density at radius 2 is 2.38 bits per heavy atom. The van der Waals surface area contributed by atoms with E-state index in [0.717, 1.165) is 32.2 Å². The Labute approximate surface area is 98.4 Å². The van der Waals surface area contributed by atoms with E-state index in [1.165, 1.54) is 0 Å². The molecule has 3 heteroatoms. The van der Waals surface area contributed by atoms with Gasteiger partial charge in [-0.15, -0.1) is 12.3 Å². The third-order valence-corrected chi connectivity index (χ3v) is 3.31. The van der Waals surface area contributed by atoms with Crippen molar-refractivity contribution in [2.45, 2.75) is 57.5 Å². The summed E-state index contributed by atoms with van der Waals surface area (Å²) in [5, 5.41) is 6.34. The van der Waals surface area contributed by atoms with Gasteiger partial charge in [0.1, 0.15) is 0 Å². The van der Waals surface area contributed by atoms with Crippen molar-refractivity contribution in [2.24, 2.45) is 0 Å². The minimum Gasteiger partial charge on any atom is -0.351 e. The highest BCUT2D eigenvalue weighted by Crippen LogP contribution is 2.19. The molecule has 2 atom stereocenters. The van der Waals surface area contributed by atoms with E-state index in [1.54, 1.807) is 0 Å². The fraction of sp³-hybridized carbons (Fsp3) is 0.769. The molecule has 0 bridgehead atoms. The van der Waals surface area contributed by atoms with Crippen LogP contribution in [0.5, 0.6) is 0 Å². The van der Waals surface area contributed by atoms with Crippen LogP contribution in [0.15, 0.2) is 0 Å². The van der Waals surface area contributed by atoms with Gasteiger partial charge in [0, 0.05) is 12.5 Å². The molecule has 0 spiro atoms. The summed E-state index contributed by atoms with van der Waals surface area (Å²) in [6.07, 6.45) is 9.94. The van der Waals surface area contributed by atoms with Gasteiger partial charge in [0.2, 0.25) is 5.91 Å². The smallest absolute Gasteiger partial charge is 0.240 e. The molecule has 1 aliphatic rings. The summed E-state index contributed by atoms with van der Waals surface area (Å²) in [5.41, 5.74) is -0.403. The molecular formula is C13H22N2O. The minimum absolute atomic E-state index is 0.0919. The second-order valence-electron chi connectivity index (χ2n) is 4.70. The number of hydrogen-bond donors (Lipinski definition) is 2. The number of piperidine rings is 1. The maximum atomic E-state index is 12.1. The number of carbonyl (C=O) groups excluding carboxylic acids is 1. The number of terminal acetylenes is 1. The Bertz CT molecular complexity index is 274. The van der Waals surface area contributed by atoms with Gasteiger partial charge >= 0.3 is 0 Å². The molecule has 3 nitrogen and oxygen atoms in total. The Balaban J connectivity index is 2.52. The van der Waals surface area contributed by atoms with Gasteiger partial charge in [0.25, 0.3) is 0 Å². The largest absolute Gasteiger partial charge is 0.351 e. The lowest BCUT2D eigenvalue weighted by atomic mass is 9.89. The average Bonchev–Trinajstić information content (AvgIpc) is 2.29. The van der Waals surface area contributed by atoms with Crippen LogP contribution in [0.3, 0.4) is 0 Å². The van der Waals surface area contributed by atoms with Gasteiger partial charge in [0.15, 0.2) is 0 Å². The molecule has 1 aliphatic heterocycles. The summed E-state index contributed by atoms with van der Waals surface area (Å²) in [4.78, 5) is 12.1. The predicted molar refractivity (Wildman–Crippen MR) is 65.9 cm³/mol. The van der Waals surface area contributed by atoms with Crippen LogP contribution in [0.4, 0.5) is 0 Å². The first-order valence-electron chi connectivity index (χ1n) is 6.12. The van der Waals surface area contributed by atoms with Crippen molar-refractivity contribution >= 4 is 5.91 Å². The molecule has 2 N–H and O–H groups in total. The predicted octanol–water partition coefficient (Wildman–Crippen LogP) is 1.44. The third-order valence-electron chi connectivity index (χ3n) is 3.31. The highest BCUT2D eigenvalue weighted by Gasteiger charge is 2.34. The highest BCUT2D eigenvalue weighted by molar-refractivity contribution is 5.86. The second-order valence-corrected chi connectivity index (χ2v) is 4.70. The van der Waals surface area contributed by atoms with Crippen LogP contribution in [0.1, 0.15) is 46.0 Å². The lowest BCUT2D eigenvalue weighted by Gasteiger charge is -2.34. The fourth-order valence-corrected chi connectivity index (χ4v) is 2.03. The van der Waals surface area contributed by atoms with Crippen LogP contribution in [0.2, 0.25) is 0 Å². The van der Waals surface area contributed by atoms with E-state index in [4.69, 9.17) is 6.42 Å². The summed E-state index contributed by atoms with van der Waals surface area (Å²) < 4.78 is 0. The normalized spacial score (nSPS) is 26.8. The number of amides is 1. The highest BCUT2D eigenvalue weighted by atomic mass is 16.2. The van der Waals surface area contributed by atoms with E-state index in [0.29, 0.717) is 6.42 Å². The van der Waals surface area contributed by atoms with Crippen molar-refractivity contribution in [3.8, 4) is 12.3 Å². The molecule has 90 valence electrons. The molecule has 2 unspecified atom stereocenters. The van der Waals surface area contributed by atoms with Crippen LogP contribution < -0.4 is 10.6 Å². The van der Waals surface area contributed by atoms with Crippen LogP contribution in [-0.4, -0.2) is 24.0 Å². The van der Waals surface area contributed by atoms with E-state index in [9.17, 15) is 4.79 Å². The maximum Gasteiger partial charge on any atom is 0.240 e. The number of carbonyl (C=O) groups is 1. The lowest BCUT2D eigenvalue weighted by Crippen LogP contribution is -2.58. The Morgan fingerprint density at radius 1 is 1.62 bits per heavy atom. The Kier molecular flexibility index (Phi) is 4.82. The van der Waals surface area contributed by atoms with Gasteiger partial charge in [0.05, 0.1) is 5.54 Å². The van der Waals surface area contributed by atoms with Gasteiger partial charge in [-0.25, -0.2) is 0 Å². The van der Waals surface area contributed by atoms with Crippen molar-refractivity contribution in [3.05, 3.63) is 0 Å². The van der Waals surface area contributed by atoms with Crippen molar-refractivity contribution in [2.75, 3.05) is 6.54 Å². The zero-order valence-corrected chi connectivity index (χ0v) is 10.3. The molecule has 1 fully saturated rings. The van der Waals surface area contributed by atoms with E-state index in [2.05, 4.69) is 16.6 Å². The minimum atomic E-state index is -0.403. The molecule has 1 saturated heterocycles. The van der Waals surface area contributed by atoms with Gasteiger partial charge < -0.3 is 10.6 Å². The molecule has 1 heterocycles. The molecule has 0 saturated carbocycles. The topological polar surface area (TPSA) is 41.1 Å². The molecule has 0 aliphatic carbocycles. The summed E-state index contributed by atoms with van der Waals surface area (Å²) in [6, 6.07) is 0.109. The molecule has 0 aromatic carbocycles. The van der Waals surface area contributed by atoms with Gasteiger partial charge in [-0.2, -0.15) is 0 Å². The quantitative estimate of drug-likeness (QED) is 0.707. The first-order valence-corrected chi connectivity index (χ1v) is 6.12. The van der Waals surface area contributed by atoms with Gasteiger partial charge in [-0.05, 0) is 39.2 Å². The SMILES string of the molecule is C#CCC(CC)NC(=O)C1(C)CCCCN1. The molecule has 0 aromatic rings. The van der Waals surface area contributed by atoms with E-state index in [1.807, 2.05) is 13.8 Å². The standard InChI is InChI=1S/C13H22N2O/c1-4-8-11(5-2)15-12(16)13(3)9-6-7-10-14-13/h1,11,14H,5-10H2,2-3H3,(H,15,16). The number of rotatable bonds is 4. The first kappa shape index (κ1) is 13.1. The molecule has 16 heavy (non-hydrogen) atoms. The first-order chi connectivity index (χ1) is 7.62. The number of hydrogen-bond acceptors (Lipinski definition) is 2. The number of nitrogens with one attached hydrogen (secondary N) is 2. The maximum absolute atomic E-state index is 12.1. The van der Waals surface area contributed by atoms with Crippen LogP contribution >= 0.6 is 0 Å². The van der Waals surface area contributed by atoms with Crippen LogP contribution in [-0.2, 0) is 4.79 Å². The van der Waals surface area contributed by atoms with Gasteiger partial charge in [-0.3, -0.25) is 4.79 Å². The molecular weight excluding hydrogens is 200 g/mol. The van der Waals surface area contributed by atoms with Crippen LogP contribution in [0.25, 0.3) is 0 Å². The summed E-state index contributed by atoms with van der Waals surface area (Å²) in [6.45, 7) is 4.94. The van der Waals surface area contributed by atoms with Crippen molar-refractivity contribution in [1.82, 2.24) is 10.6 Å². The lowest BCUT2D eigenvalue weighted by molar-refractivity contribution is -0.128. The summed E-state index contributed by atoms with van der Waals surface area (Å²) in [5.74, 6) is 2.70. The van der Waals surface area contributed by atoms with Gasteiger partial charge in [-0.1, -0.05) is 6.92 Å². The molecule has 1 amide bonds. The summed E-state index contributed by atoms with van der Waals surface area (Å²) in [7, 11) is 0. The van der Waals surface area contributed by atoms with Crippen molar-refractivity contribution in [1.29, 1.82) is 0 Å². The zero-order valence-electron chi connectivity index (χ0n) is 10.3. The Morgan fingerprint density at radius 3 is 2.88 bits per heavy atom. The van der Waals surface area contributed by atoms with E-state index >= 15 is 0 Å². The molecule has 1 rings (SSSR count). The Hall–Kier alpha value is -1.01. The van der Waals surface area contributed by atoms with E-state index < -0.39 is 5.54 Å². The average molecular weight is 222 g/mol. The zero-order chi connectivity index (χ0) is 12.0. The van der Waals surface area contributed by atoms with Crippen molar-refractivity contribution < 1.29 is 4.79 Å². The summed E-state index contributed by atoms with van der Waals surface area (Å²) >= 11 is 0.